The van der Waals surface area contributed by atoms with Gasteiger partial charge < -0.3 is 9.73 Å². The maximum Gasteiger partial charge on any atom is 0.231 e. The Morgan fingerprint density at radius 2 is 2.07 bits per heavy atom. The maximum atomic E-state index is 12.7. The van der Waals surface area contributed by atoms with Gasteiger partial charge in [0.1, 0.15) is 11.6 Å². The fourth-order valence-corrected chi connectivity index (χ4v) is 3.67. The third kappa shape index (κ3) is 4.33. The van der Waals surface area contributed by atoms with Crippen LogP contribution in [-0.4, -0.2) is 25.7 Å². The van der Waals surface area contributed by atoms with Crippen LogP contribution in [0.5, 0.6) is 0 Å². The average molecular weight is 422 g/mol. The van der Waals surface area contributed by atoms with Crippen LogP contribution in [0.2, 0.25) is 0 Å². The van der Waals surface area contributed by atoms with E-state index in [0.717, 1.165) is 16.5 Å². The summed E-state index contributed by atoms with van der Waals surface area (Å²) in [5.74, 6) is 2.61. The van der Waals surface area contributed by atoms with Crippen LogP contribution in [0.4, 0.5) is 5.82 Å². The first-order valence-corrected chi connectivity index (χ1v) is 10.5. The molecule has 1 amide bonds. The lowest BCUT2D eigenvalue weighted by molar-refractivity contribution is -0.115. The molecule has 0 aliphatic heterocycles. The summed E-state index contributed by atoms with van der Waals surface area (Å²) in [6.07, 6.45) is 1.86. The summed E-state index contributed by atoms with van der Waals surface area (Å²) in [6.45, 7) is 8.13. The molecule has 0 aliphatic rings. The Labute approximate surface area is 178 Å². The second-order valence-corrected chi connectivity index (χ2v) is 8.90. The predicted molar refractivity (Wildman–Crippen MR) is 117 cm³/mol. The number of thiazole rings is 1. The van der Waals surface area contributed by atoms with E-state index in [-0.39, 0.29) is 17.7 Å². The molecule has 0 atom stereocenters. The van der Waals surface area contributed by atoms with Gasteiger partial charge in [0.05, 0.1) is 17.8 Å². The highest BCUT2D eigenvalue weighted by Gasteiger charge is 2.22. The number of carbonyl (C=O) groups excluding carboxylic acids is 1. The second kappa shape index (κ2) is 7.87. The number of hydrogen-bond donors (Lipinski definition) is 1. The minimum atomic E-state index is -0.167. The Balaban J connectivity index is 1.54. The minimum absolute atomic E-state index is 0.161. The van der Waals surface area contributed by atoms with E-state index in [0.29, 0.717) is 23.1 Å². The third-order valence-corrected chi connectivity index (χ3v) is 5.36. The largest absolute Gasteiger partial charge is 0.459 e. The number of furan rings is 1. The van der Waals surface area contributed by atoms with Crippen molar-refractivity contribution in [1.82, 2.24) is 19.7 Å². The van der Waals surface area contributed by atoms with Crippen LogP contribution in [0.15, 0.2) is 52.4 Å². The van der Waals surface area contributed by atoms with Crippen molar-refractivity contribution in [3.63, 3.8) is 0 Å². The standard InChI is InChI=1S/C22H23N5O2S/c1-14-8-9-16(29-14)21-24-15(13-30-21)11-20(28)25-19-12-17(22(2,3)4)26-27(19)18-7-5-6-10-23-18/h5-10,12-13H,11H2,1-4H3,(H,25,28). The molecule has 0 bridgehead atoms. The molecule has 0 aromatic carbocycles. The molecule has 4 aromatic rings. The van der Waals surface area contributed by atoms with E-state index in [1.165, 1.54) is 11.3 Å². The molecular formula is C22H23N5O2S. The van der Waals surface area contributed by atoms with E-state index in [2.05, 4.69) is 41.2 Å². The fraction of sp³-hybridized carbons (Fsp3) is 0.273. The van der Waals surface area contributed by atoms with Crippen molar-refractivity contribution in [2.45, 2.75) is 39.5 Å². The van der Waals surface area contributed by atoms with E-state index in [1.807, 2.05) is 48.7 Å². The van der Waals surface area contributed by atoms with E-state index in [9.17, 15) is 4.79 Å². The lowest BCUT2D eigenvalue weighted by Gasteiger charge is -2.13. The molecule has 0 saturated carbocycles. The van der Waals surface area contributed by atoms with Gasteiger partial charge in [0.2, 0.25) is 5.91 Å². The molecule has 4 heterocycles. The highest BCUT2D eigenvalue weighted by atomic mass is 32.1. The van der Waals surface area contributed by atoms with Crippen molar-refractivity contribution in [3.8, 4) is 16.6 Å². The first-order valence-electron chi connectivity index (χ1n) is 9.62. The number of carbonyl (C=O) groups is 1. The zero-order chi connectivity index (χ0) is 21.3. The number of aromatic nitrogens is 4. The van der Waals surface area contributed by atoms with Crippen LogP contribution in [0.3, 0.4) is 0 Å². The van der Waals surface area contributed by atoms with Crippen LogP contribution < -0.4 is 5.32 Å². The quantitative estimate of drug-likeness (QED) is 0.502. The molecule has 4 rings (SSSR count). The summed E-state index contributed by atoms with van der Waals surface area (Å²) in [6, 6.07) is 11.3. The van der Waals surface area contributed by atoms with Gasteiger partial charge in [0.25, 0.3) is 0 Å². The minimum Gasteiger partial charge on any atom is -0.459 e. The van der Waals surface area contributed by atoms with Gasteiger partial charge in [-0.3, -0.25) is 4.79 Å². The first kappa shape index (κ1) is 20.0. The van der Waals surface area contributed by atoms with Crippen molar-refractivity contribution in [1.29, 1.82) is 0 Å². The molecule has 4 aromatic heterocycles. The monoisotopic (exact) mass is 421 g/mol. The van der Waals surface area contributed by atoms with Crippen LogP contribution in [-0.2, 0) is 16.6 Å². The van der Waals surface area contributed by atoms with Crippen molar-refractivity contribution < 1.29 is 9.21 Å². The number of pyridine rings is 1. The van der Waals surface area contributed by atoms with E-state index >= 15 is 0 Å². The maximum absolute atomic E-state index is 12.7. The van der Waals surface area contributed by atoms with Crippen molar-refractivity contribution >= 4 is 23.1 Å². The smallest absolute Gasteiger partial charge is 0.231 e. The molecule has 7 nitrogen and oxygen atoms in total. The second-order valence-electron chi connectivity index (χ2n) is 8.04. The van der Waals surface area contributed by atoms with Gasteiger partial charge in [0, 0.05) is 23.1 Å². The molecule has 1 N–H and O–H groups in total. The van der Waals surface area contributed by atoms with Gasteiger partial charge >= 0.3 is 0 Å². The van der Waals surface area contributed by atoms with Gasteiger partial charge in [-0.25, -0.2) is 9.97 Å². The molecule has 0 saturated heterocycles. The van der Waals surface area contributed by atoms with E-state index in [4.69, 9.17) is 4.42 Å². The number of nitrogens with zero attached hydrogens (tertiary/aromatic N) is 4. The molecule has 0 aliphatic carbocycles. The molecule has 0 fully saturated rings. The first-order chi connectivity index (χ1) is 14.3. The normalized spacial score (nSPS) is 11.6. The Morgan fingerprint density at radius 3 is 2.73 bits per heavy atom. The highest BCUT2D eigenvalue weighted by Crippen LogP contribution is 2.27. The van der Waals surface area contributed by atoms with Gasteiger partial charge in [-0.1, -0.05) is 26.8 Å². The summed E-state index contributed by atoms with van der Waals surface area (Å²) >= 11 is 1.46. The van der Waals surface area contributed by atoms with Crippen molar-refractivity contribution in [2.75, 3.05) is 5.32 Å². The Hall–Kier alpha value is -3.26. The van der Waals surface area contributed by atoms with Crippen LogP contribution in [0.25, 0.3) is 16.6 Å². The van der Waals surface area contributed by atoms with Crippen molar-refractivity contribution in [3.05, 3.63) is 65.1 Å². The molecule has 0 radical (unpaired) electrons. The number of nitrogens with one attached hydrogen (secondary N) is 1. The third-order valence-electron chi connectivity index (χ3n) is 4.46. The number of aryl methyl sites for hydroxylation is 1. The van der Waals surface area contributed by atoms with Crippen LogP contribution in [0, 0.1) is 6.92 Å². The molecule has 30 heavy (non-hydrogen) atoms. The fourth-order valence-electron chi connectivity index (χ4n) is 2.89. The summed E-state index contributed by atoms with van der Waals surface area (Å²) in [5.41, 5.74) is 1.40. The van der Waals surface area contributed by atoms with Crippen LogP contribution in [0.1, 0.15) is 37.9 Å². The number of amides is 1. The topological polar surface area (TPSA) is 85.8 Å². The SMILES string of the molecule is Cc1ccc(-c2nc(CC(=O)Nc3cc(C(C)(C)C)nn3-c3ccccn3)cs2)o1. The molecule has 8 heteroatoms. The van der Waals surface area contributed by atoms with Gasteiger partial charge in [-0.05, 0) is 31.2 Å². The predicted octanol–water partition coefficient (Wildman–Crippen LogP) is 4.77. The van der Waals surface area contributed by atoms with E-state index < -0.39 is 0 Å². The lowest BCUT2D eigenvalue weighted by atomic mass is 9.92. The Bertz CT molecular complexity index is 1170. The number of hydrogen-bond acceptors (Lipinski definition) is 6. The van der Waals surface area contributed by atoms with Crippen LogP contribution >= 0.6 is 11.3 Å². The number of anilines is 1. The van der Waals surface area contributed by atoms with Gasteiger partial charge in [0.15, 0.2) is 16.6 Å². The molecule has 0 unspecified atom stereocenters. The zero-order valence-corrected chi connectivity index (χ0v) is 18.2. The molecule has 0 spiro atoms. The number of rotatable bonds is 5. The van der Waals surface area contributed by atoms with Gasteiger partial charge in [-0.2, -0.15) is 9.78 Å². The average Bonchev–Trinajstić information content (AvgIpc) is 3.42. The Morgan fingerprint density at radius 1 is 1.23 bits per heavy atom. The summed E-state index contributed by atoms with van der Waals surface area (Å²) < 4.78 is 7.27. The Kier molecular flexibility index (Phi) is 5.26. The molecule has 154 valence electrons. The zero-order valence-electron chi connectivity index (χ0n) is 17.3. The molecular weight excluding hydrogens is 398 g/mol. The van der Waals surface area contributed by atoms with Gasteiger partial charge in [-0.15, -0.1) is 11.3 Å². The lowest BCUT2D eigenvalue weighted by Crippen LogP contribution is -2.17. The van der Waals surface area contributed by atoms with Crippen molar-refractivity contribution in [2.24, 2.45) is 0 Å². The highest BCUT2D eigenvalue weighted by molar-refractivity contribution is 7.13. The summed E-state index contributed by atoms with van der Waals surface area (Å²) in [4.78, 5) is 21.6. The van der Waals surface area contributed by atoms with E-state index in [1.54, 1.807) is 10.9 Å². The summed E-state index contributed by atoms with van der Waals surface area (Å²) in [5, 5.41) is 10.3. The summed E-state index contributed by atoms with van der Waals surface area (Å²) in [7, 11) is 0.